The minimum absolute atomic E-state index is 0.113. The fourth-order valence-electron chi connectivity index (χ4n) is 3.27. The van der Waals surface area contributed by atoms with Crippen molar-refractivity contribution in [1.29, 1.82) is 0 Å². The van der Waals surface area contributed by atoms with Crippen molar-refractivity contribution in [2.24, 2.45) is 0 Å². The van der Waals surface area contributed by atoms with Gasteiger partial charge < -0.3 is 4.90 Å². The van der Waals surface area contributed by atoms with E-state index < -0.39 is 0 Å². The van der Waals surface area contributed by atoms with E-state index in [1.54, 1.807) is 6.08 Å². The van der Waals surface area contributed by atoms with E-state index in [0.29, 0.717) is 6.54 Å². The van der Waals surface area contributed by atoms with Crippen LogP contribution in [-0.2, 0) is 16.8 Å². The number of hydrogen-bond donors (Lipinski definition) is 0. The first-order valence-corrected chi connectivity index (χ1v) is 7.93. The summed E-state index contributed by atoms with van der Waals surface area (Å²) in [6, 6.07) is 12.4. The molecule has 0 aliphatic carbocycles. The van der Waals surface area contributed by atoms with Crippen LogP contribution in [0.25, 0.3) is 0 Å². The first-order valence-electron chi connectivity index (χ1n) is 7.93. The van der Waals surface area contributed by atoms with Crippen LogP contribution in [0.3, 0.4) is 0 Å². The zero-order valence-electron chi connectivity index (χ0n) is 14.2. The number of carbonyl (C=O) groups excluding carboxylic acids is 1. The summed E-state index contributed by atoms with van der Waals surface area (Å²) in [5, 5.41) is 0. The fraction of sp³-hybridized carbons (Fsp3) is 0.300. The normalized spacial score (nSPS) is 17.4. The predicted molar refractivity (Wildman–Crippen MR) is 92.3 cm³/mol. The van der Waals surface area contributed by atoms with E-state index in [4.69, 9.17) is 0 Å². The van der Waals surface area contributed by atoms with Crippen LogP contribution >= 0.6 is 0 Å². The van der Waals surface area contributed by atoms with Gasteiger partial charge >= 0.3 is 0 Å². The lowest BCUT2D eigenvalue weighted by atomic mass is 9.83. The quantitative estimate of drug-likeness (QED) is 0.642. The van der Waals surface area contributed by atoms with Crippen molar-refractivity contribution in [2.75, 3.05) is 11.9 Å². The van der Waals surface area contributed by atoms with Crippen LogP contribution in [0.1, 0.15) is 25.0 Å². The summed E-state index contributed by atoms with van der Waals surface area (Å²) in [5.41, 5.74) is 4.54. The lowest BCUT2D eigenvalue weighted by molar-refractivity contribution is -0.683. The van der Waals surface area contributed by atoms with Gasteiger partial charge in [0.1, 0.15) is 0 Å². The molecule has 0 radical (unpaired) electrons. The Morgan fingerprint density at radius 1 is 1.17 bits per heavy atom. The standard InChI is InChI=1S/C20H23N2O/c1-15-9-11-22(12-10-15)14-16(23)13-19-20(2,3)17-7-5-6-8-18(17)21(19)4/h5-13H,14H2,1-4H3/q+1/b19-13+. The van der Waals surface area contributed by atoms with Gasteiger partial charge in [-0.1, -0.05) is 32.0 Å². The van der Waals surface area contributed by atoms with Crippen LogP contribution < -0.4 is 9.47 Å². The number of carbonyl (C=O) groups is 1. The first-order chi connectivity index (χ1) is 10.9. The highest BCUT2D eigenvalue weighted by Gasteiger charge is 2.38. The van der Waals surface area contributed by atoms with Crippen LogP contribution in [0.4, 0.5) is 5.69 Å². The second-order valence-corrected chi connectivity index (χ2v) is 6.74. The van der Waals surface area contributed by atoms with Crippen molar-refractivity contribution < 1.29 is 9.36 Å². The predicted octanol–water partition coefficient (Wildman–Crippen LogP) is 3.16. The third kappa shape index (κ3) is 2.79. The highest BCUT2D eigenvalue weighted by atomic mass is 16.1. The average Bonchev–Trinajstić information content (AvgIpc) is 2.71. The zero-order valence-corrected chi connectivity index (χ0v) is 14.2. The Kier molecular flexibility index (Phi) is 3.80. The highest BCUT2D eigenvalue weighted by Crippen LogP contribution is 2.46. The Morgan fingerprint density at radius 3 is 2.48 bits per heavy atom. The lowest BCUT2D eigenvalue weighted by Gasteiger charge is -2.23. The maximum Gasteiger partial charge on any atom is 0.222 e. The lowest BCUT2D eigenvalue weighted by Crippen LogP contribution is -2.37. The van der Waals surface area contributed by atoms with Crippen molar-refractivity contribution >= 4 is 11.5 Å². The molecule has 0 N–H and O–H groups in total. The molecule has 1 aliphatic rings. The van der Waals surface area contributed by atoms with E-state index in [0.717, 1.165) is 5.70 Å². The van der Waals surface area contributed by atoms with Crippen molar-refractivity contribution in [2.45, 2.75) is 32.7 Å². The van der Waals surface area contributed by atoms with Gasteiger partial charge in [0.2, 0.25) is 12.3 Å². The molecule has 3 heteroatoms. The van der Waals surface area contributed by atoms with Crippen molar-refractivity contribution in [1.82, 2.24) is 0 Å². The number of rotatable bonds is 3. The third-order valence-electron chi connectivity index (χ3n) is 4.63. The van der Waals surface area contributed by atoms with Crippen LogP contribution in [0, 0.1) is 6.92 Å². The number of hydrogen-bond acceptors (Lipinski definition) is 2. The van der Waals surface area contributed by atoms with Gasteiger partial charge in [-0.2, -0.15) is 4.57 Å². The molecule has 3 rings (SSSR count). The Bertz CT molecular complexity index is 772. The third-order valence-corrected chi connectivity index (χ3v) is 4.63. The summed E-state index contributed by atoms with van der Waals surface area (Å²) in [7, 11) is 2.03. The minimum atomic E-state index is -0.154. The number of aryl methyl sites for hydroxylation is 1. The Balaban J connectivity index is 1.88. The molecular formula is C20H23N2O+. The second-order valence-electron chi connectivity index (χ2n) is 6.74. The highest BCUT2D eigenvalue weighted by molar-refractivity contribution is 5.91. The van der Waals surface area contributed by atoms with Gasteiger partial charge in [-0.25, -0.2) is 0 Å². The molecule has 1 aromatic carbocycles. The van der Waals surface area contributed by atoms with Crippen LogP contribution in [-0.4, -0.2) is 12.8 Å². The number of fused-ring (bicyclic) bond motifs is 1. The molecule has 0 bridgehead atoms. The van der Waals surface area contributed by atoms with Crippen molar-refractivity contribution in [3.8, 4) is 0 Å². The van der Waals surface area contributed by atoms with Gasteiger partial charge in [-0.3, -0.25) is 4.79 Å². The van der Waals surface area contributed by atoms with Gasteiger partial charge in [-0.05, 0) is 24.1 Å². The number of aromatic nitrogens is 1. The van der Waals surface area contributed by atoms with E-state index in [9.17, 15) is 4.79 Å². The summed E-state index contributed by atoms with van der Waals surface area (Å²) < 4.78 is 1.92. The van der Waals surface area contributed by atoms with E-state index in [2.05, 4.69) is 36.9 Å². The molecule has 0 spiro atoms. The van der Waals surface area contributed by atoms with E-state index in [-0.39, 0.29) is 11.2 Å². The maximum absolute atomic E-state index is 12.5. The number of ketones is 1. The molecule has 2 aromatic rings. The first kappa shape index (κ1) is 15.5. The molecular weight excluding hydrogens is 284 g/mol. The Morgan fingerprint density at radius 2 is 1.83 bits per heavy atom. The van der Waals surface area contributed by atoms with Gasteiger partial charge in [0.25, 0.3) is 0 Å². The zero-order chi connectivity index (χ0) is 16.6. The van der Waals surface area contributed by atoms with Gasteiger partial charge in [0, 0.05) is 42.1 Å². The number of para-hydroxylation sites is 1. The summed E-state index contributed by atoms with van der Waals surface area (Å²) >= 11 is 0. The van der Waals surface area contributed by atoms with Gasteiger partial charge in [-0.15, -0.1) is 0 Å². The van der Waals surface area contributed by atoms with Gasteiger partial charge in [0.15, 0.2) is 12.4 Å². The average molecular weight is 307 g/mol. The van der Waals surface area contributed by atoms with Gasteiger partial charge in [0.05, 0.1) is 0 Å². The summed E-state index contributed by atoms with van der Waals surface area (Å²) in [6.45, 7) is 6.76. The van der Waals surface area contributed by atoms with Crippen LogP contribution in [0.5, 0.6) is 0 Å². The molecule has 0 unspecified atom stereocenters. The molecule has 1 aliphatic heterocycles. The van der Waals surface area contributed by atoms with Crippen molar-refractivity contribution in [3.05, 3.63) is 71.7 Å². The minimum Gasteiger partial charge on any atom is -0.347 e. The molecule has 0 fully saturated rings. The Hall–Kier alpha value is -2.42. The molecule has 118 valence electrons. The SMILES string of the molecule is Cc1cc[n+](CC(=O)/C=C2/N(C)c3ccccc3C2(C)C)cc1. The summed E-state index contributed by atoms with van der Waals surface area (Å²) in [6.07, 6.45) is 5.70. The molecule has 23 heavy (non-hydrogen) atoms. The van der Waals surface area contributed by atoms with E-state index >= 15 is 0 Å². The van der Waals surface area contributed by atoms with Crippen LogP contribution in [0.2, 0.25) is 0 Å². The summed E-state index contributed by atoms with van der Waals surface area (Å²) in [4.78, 5) is 14.6. The fourth-order valence-corrected chi connectivity index (χ4v) is 3.27. The number of allylic oxidation sites excluding steroid dienone is 2. The number of likely N-dealkylation sites (N-methyl/N-ethyl adjacent to an activating group) is 1. The number of benzene rings is 1. The Labute approximate surface area is 137 Å². The van der Waals surface area contributed by atoms with Crippen molar-refractivity contribution in [3.63, 3.8) is 0 Å². The van der Waals surface area contributed by atoms with Crippen LogP contribution in [0.15, 0.2) is 60.6 Å². The molecule has 2 heterocycles. The van der Waals surface area contributed by atoms with E-state index in [1.807, 2.05) is 49.1 Å². The molecule has 1 aromatic heterocycles. The number of anilines is 1. The smallest absolute Gasteiger partial charge is 0.222 e. The molecule has 0 saturated heterocycles. The monoisotopic (exact) mass is 307 g/mol. The van der Waals surface area contributed by atoms with E-state index in [1.165, 1.54) is 16.8 Å². The largest absolute Gasteiger partial charge is 0.347 e. The maximum atomic E-state index is 12.5. The number of pyridine rings is 1. The molecule has 0 amide bonds. The second kappa shape index (κ2) is 5.65. The summed E-state index contributed by atoms with van der Waals surface area (Å²) in [5.74, 6) is 0.113. The molecule has 0 atom stereocenters. The topological polar surface area (TPSA) is 24.2 Å². The molecule has 0 saturated carbocycles. The number of nitrogens with zero attached hydrogens (tertiary/aromatic N) is 2. The molecule has 3 nitrogen and oxygen atoms in total.